The van der Waals surface area contributed by atoms with Crippen molar-refractivity contribution in [3.05, 3.63) is 44.8 Å². The van der Waals surface area contributed by atoms with Crippen molar-refractivity contribution in [1.29, 1.82) is 0 Å². The lowest BCUT2D eigenvalue weighted by Gasteiger charge is -2.65. The molecule has 5 heteroatoms. The highest BCUT2D eigenvalue weighted by Gasteiger charge is 2.57. The maximum absolute atomic E-state index is 13.1. The minimum absolute atomic E-state index is 0.0336. The van der Waals surface area contributed by atoms with Gasteiger partial charge in [-0.15, -0.1) is 6.58 Å². The van der Waals surface area contributed by atoms with Gasteiger partial charge >= 0.3 is 0 Å². The minimum atomic E-state index is 0.0336. The van der Waals surface area contributed by atoms with Gasteiger partial charge in [0.15, 0.2) is 0 Å². The molecule has 4 nitrogen and oxygen atoms in total. The van der Waals surface area contributed by atoms with Crippen molar-refractivity contribution in [2.45, 2.75) is 58.2 Å². The Bertz CT molecular complexity index is 932. The Morgan fingerprint density at radius 3 is 2.80 bits per heavy atom. The first kappa shape index (κ1) is 17.1. The van der Waals surface area contributed by atoms with Gasteiger partial charge in [0.1, 0.15) is 0 Å². The highest BCUT2D eigenvalue weighted by molar-refractivity contribution is 14.1. The predicted octanol–water partition coefficient (Wildman–Crippen LogP) is 4.34. The number of aromatic nitrogens is 2. The minimum Gasteiger partial charge on any atom is -0.334 e. The van der Waals surface area contributed by atoms with E-state index in [1.807, 2.05) is 18.2 Å². The van der Waals surface area contributed by atoms with Crippen molar-refractivity contribution in [1.82, 2.24) is 9.55 Å². The zero-order chi connectivity index (χ0) is 18.0. The summed E-state index contributed by atoms with van der Waals surface area (Å²) in [5, 5.41) is 0.689. The molecule has 2 fully saturated rings. The van der Waals surface area contributed by atoms with Crippen LogP contribution in [0.3, 0.4) is 0 Å². The Kier molecular flexibility index (Phi) is 3.80. The molecule has 2 bridgehead atoms. The van der Waals surface area contributed by atoms with Gasteiger partial charge in [-0.25, -0.2) is 4.98 Å². The van der Waals surface area contributed by atoms with Crippen LogP contribution in [0.15, 0.2) is 35.6 Å². The number of hydrogen-bond acceptors (Lipinski definition) is 3. The lowest BCUT2D eigenvalue weighted by molar-refractivity contribution is 0.0454. The molecule has 0 aliphatic carbocycles. The maximum Gasteiger partial charge on any atom is 0.263 e. The molecule has 0 spiro atoms. The summed E-state index contributed by atoms with van der Waals surface area (Å²) in [6.07, 6.45) is 5.25. The molecule has 0 amide bonds. The summed E-state index contributed by atoms with van der Waals surface area (Å²) < 4.78 is 2.85. The van der Waals surface area contributed by atoms with E-state index in [9.17, 15) is 4.79 Å². The molecule has 2 atom stereocenters. The molecule has 2 unspecified atom stereocenters. The smallest absolute Gasteiger partial charge is 0.263 e. The van der Waals surface area contributed by atoms with E-state index in [0.717, 1.165) is 27.9 Å². The summed E-state index contributed by atoms with van der Waals surface area (Å²) in [5.74, 6) is 0.813. The number of fused-ring (bicyclic) bond motifs is 3. The molecule has 2 aliphatic heterocycles. The molecule has 0 N–H and O–H groups in total. The van der Waals surface area contributed by atoms with Crippen LogP contribution in [0.2, 0.25) is 0 Å². The standard InChI is InChI=1S/C20H24IN3O/c1-5-8-23-17(25)15-9-13(21)6-7-16(15)22-18(23)24-14-10-19(2,3)12-20(24,4)11-14/h5-7,9,14H,1,8,10-12H2,2-4H3. The Balaban J connectivity index is 1.90. The number of benzene rings is 1. The molecular formula is C20H24IN3O. The molecule has 3 heterocycles. The van der Waals surface area contributed by atoms with E-state index in [2.05, 4.69) is 54.8 Å². The highest BCUT2D eigenvalue weighted by atomic mass is 127. The van der Waals surface area contributed by atoms with E-state index in [1.54, 1.807) is 10.6 Å². The Hall–Kier alpha value is -1.37. The number of nitrogens with zero attached hydrogens (tertiary/aromatic N) is 3. The van der Waals surface area contributed by atoms with Gasteiger partial charge in [0.05, 0.1) is 10.9 Å². The monoisotopic (exact) mass is 449 g/mol. The highest BCUT2D eigenvalue weighted by Crippen LogP contribution is 2.55. The van der Waals surface area contributed by atoms with E-state index in [1.165, 1.54) is 6.42 Å². The van der Waals surface area contributed by atoms with E-state index < -0.39 is 0 Å². The van der Waals surface area contributed by atoms with Crippen LogP contribution in [0.5, 0.6) is 0 Å². The van der Waals surface area contributed by atoms with Crippen LogP contribution in [0.4, 0.5) is 5.95 Å². The van der Waals surface area contributed by atoms with Crippen molar-refractivity contribution in [3.63, 3.8) is 0 Å². The van der Waals surface area contributed by atoms with Crippen LogP contribution >= 0.6 is 22.6 Å². The van der Waals surface area contributed by atoms with Gasteiger partial charge < -0.3 is 4.90 Å². The van der Waals surface area contributed by atoms with Gasteiger partial charge in [0.2, 0.25) is 5.95 Å². The molecule has 2 aromatic rings. The Morgan fingerprint density at radius 1 is 1.36 bits per heavy atom. The predicted molar refractivity (Wildman–Crippen MR) is 111 cm³/mol. The fourth-order valence-electron chi connectivity index (χ4n) is 5.15. The number of hydrogen-bond donors (Lipinski definition) is 0. The summed E-state index contributed by atoms with van der Waals surface area (Å²) in [6, 6.07) is 6.37. The molecule has 0 radical (unpaired) electrons. The zero-order valence-electron chi connectivity index (χ0n) is 15.1. The van der Waals surface area contributed by atoms with Crippen LogP contribution in [0.1, 0.15) is 40.0 Å². The molecule has 0 saturated carbocycles. The molecule has 1 aromatic carbocycles. The fourth-order valence-corrected chi connectivity index (χ4v) is 5.64. The SMILES string of the molecule is C=CCn1c(N2C3CC(C)(C)CC2(C)C3)nc2ccc(I)cc2c1=O. The molecule has 2 saturated heterocycles. The molecule has 132 valence electrons. The summed E-state index contributed by atoms with van der Waals surface area (Å²) >= 11 is 2.24. The van der Waals surface area contributed by atoms with Gasteiger partial charge in [-0.2, -0.15) is 0 Å². The van der Waals surface area contributed by atoms with E-state index in [0.29, 0.717) is 23.4 Å². The van der Waals surface area contributed by atoms with E-state index >= 15 is 0 Å². The average Bonchev–Trinajstić information content (AvgIpc) is 2.49. The first-order chi connectivity index (χ1) is 11.7. The number of piperidine rings is 1. The van der Waals surface area contributed by atoms with Crippen molar-refractivity contribution < 1.29 is 0 Å². The van der Waals surface area contributed by atoms with Crippen molar-refractivity contribution >= 4 is 39.4 Å². The first-order valence-electron chi connectivity index (χ1n) is 8.84. The Morgan fingerprint density at radius 2 is 2.12 bits per heavy atom. The van der Waals surface area contributed by atoms with E-state index in [-0.39, 0.29) is 11.1 Å². The number of anilines is 1. The molecule has 25 heavy (non-hydrogen) atoms. The topological polar surface area (TPSA) is 38.1 Å². The lowest BCUT2D eigenvalue weighted by atomic mass is 9.59. The fraction of sp³-hybridized carbons (Fsp3) is 0.500. The summed E-state index contributed by atoms with van der Waals surface area (Å²) in [6.45, 7) is 11.3. The van der Waals surface area contributed by atoms with Crippen molar-refractivity contribution in [3.8, 4) is 0 Å². The molecule has 1 aromatic heterocycles. The van der Waals surface area contributed by atoms with E-state index in [4.69, 9.17) is 4.98 Å². The largest absolute Gasteiger partial charge is 0.334 e. The summed E-state index contributed by atoms with van der Waals surface area (Å²) in [5.41, 5.74) is 1.26. The number of allylic oxidation sites excluding steroid dienone is 1. The van der Waals surface area contributed by atoms with Crippen molar-refractivity contribution in [2.75, 3.05) is 4.90 Å². The molecule has 4 rings (SSSR count). The average molecular weight is 449 g/mol. The number of rotatable bonds is 3. The second-order valence-corrected chi connectivity index (χ2v) is 9.79. The first-order valence-corrected chi connectivity index (χ1v) is 9.92. The second kappa shape index (κ2) is 5.56. The molecular weight excluding hydrogens is 425 g/mol. The summed E-state index contributed by atoms with van der Waals surface area (Å²) in [7, 11) is 0. The van der Waals surface area contributed by atoms with Gasteiger partial charge in [0.25, 0.3) is 5.56 Å². The van der Waals surface area contributed by atoms with Crippen LogP contribution in [-0.2, 0) is 6.54 Å². The van der Waals surface area contributed by atoms with Gasteiger partial charge in [-0.05, 0) is 72.4 Å². The van der Waals surface area contributed by atoms with Gasteiger partial charge in [-0.1, -0.05) is 19.9 Å². The lowest BCUT2D eigenvalue weighted by Crippen LogP contribution is -2.71. The Labute approximate surface area is 162 Å². The quantitative estimate of drug-likeness (QED) is 0.517. The maximum atomic E-state index is 13.1. The third-order valence-electron chi connectivity index (χ3n) is 5.69. The molecule has 2 aliphatic rings. The third kappa shape index (κ3) is 2.62. The normalized spacial score (nSPS) is 27.2. The summed E-state index contributed by atoms with van der Waals surface area (Å²) in [4.78, 5) is 20.5. The van der Waals surface area contributed by atoms with Gasteiger partial charge in [-0.3, -0.25) is 9.36 Å². The van der Waals surface area contributed by atoms with Crippen LogP contribution in [-0.4, -0.2) is 21.1 Å². The van der Waals surface area contributed by atoms with Crippen LogP contribution in [0, 0.1) is 8.99 Å². The third-order valence-corrected chi connectivity index (χ3v) is 6.36. The van der Waals surface area contributed by atoms with Gasteiger partial charge in [0, 0.05) is 21.7 Å². The second-order valence-electron chi connectivity index (χ2n) is 8.55. The van der Waals surface area contributed by atoms with Crippen molar-refractivity contribution in [2.24, 2.45) is 5.41 Å². The van der Waals surface area contributed by atoms with Crippen LogP contribution < -0.4 is 10.5 Å². The zero-order valence-corrected chi connectivity index (χ0v) is 17.2. The van der Waals surface area contributed by atoms with Crippen LogP contribution in [0.25, 0.3) is 10.9 Å². The number of halogens is 1.